The summed E-state index contributed by atoms with van der Waals surface area (Å²) in [7, 11) is 0. The second-order valence-corrected chi connectivity index (χ2v) is 12.6. The van der Waals surface area contributed by atoms with Gasteiger partial charge in [0.1, 0.15) is 12.1 Å². The lowest BCUT2D eigenvalue weighted by molar-refractivity contribution is -0.147. The van der Waals surface area contributed by atoms with Gasteiger partial charge in [-0.15, -0.1) is 0 Å². The van der Waals surface area contributed by atoms with Crippen LogP contribution in [0.1, 0.15) is 155 Å². The summed E-state index contributed by atoms with van der Waals surface area (Å²) in [4.78, 5) is 47.3. The molecule has 0 aliphatic heterocycles. The SMILES string of the molecule is CC/C=C\C/C=C\C/C=C\C/C=C\C(CCCCCCCC(=O)NCC(=O)NC(CO)C(=O)O)OC(=O)CCCCCCCCCCCC. The molecule has 2 unspecified atom stereocenters. The fourth-order valence-corrected chi connectivity index (χ4v) is 5.15. The predicted molar refractivity (Wildman–Crippen MR) is 199 cm³/mol. The number of aliphatic hydroxyl groups excluding tert-OH is 1. The summed E-state index contributed by atoms with van der Waals surface area (Å²) in [5.74, 6) is -2.41. The molecular formula is C40H68N2O7. The Morgan fingerprint density at radius 3 is 1.69 bits per heavy atom. The lowest BCUT2D eigenvalue weighted by Gasteiger charge is -2.15. The number of amides is 2. The van der Waals surface area contributed by atoms with Gasteiger partial charge in [0.05, 0.1) is 13.2 Å². The van der Waals surface area contributed by atoms with E-state index in [1.54, 1.807) is 0 Å². The Hall–Kier alpha value is -3.20. The average molecular weight is 689 g/mol. The first kappa shape index (κ1) is 45.8. The van der Waals surface area contributed by atoms with Gasteiger partial charge in [0.25, 0.3) is 0 Å². The van der Waals surface area contributed by atoms with Gasteiger partial charge in [-0.2, -0.15) is 0 Å². The minimum atomic E-state index is -1.39. The molecule has 0 aliphatic rings. The molecule has 2 atom stereocenters. The van der Waals surface area contributed by atoms with Crippen LogP contribution < -0.4 is 10.6 Å². The summed E-state index contributed by atoms with van der Waals surface area (Å²) in [5.41, 5.74) is 0. The van der Waals surface area contributed by atoms with E-state index in [4.69, 9.17) is 14.9 Å². The number of carboxylic acid groups (broad SMARTS) is 1. The van der Waals surface area contributed by atoms with Crippen molar-refractivity contribution in [2.75, 3.05) is 13.2 Å². The molecule has 0 aliphatic carbocycles. The maximum atomic E-state index is 12.6. The first-order valence-electron chi connectivity index (χ1n) is 19.0. The quantitative estimate of drug-likeness (QED) is 0.0308. The maximum absolute atomic E-state index is 12.6. The van der Waals surface area contributed by atoms with Gasteiger partial charge in [-0.05, 0) is 57.4 Å². The normalized spacial score (nSPS) is 13.0. The van der Waals surface area contributed by atoms with Crippen molar-refractivity contribution in [2.45, 2.75) is 167 Å². The van der Waals surface area contributed by atoms with Crippen molar-refractivity contribution in [1.29, 1.82) is 0 Å². The summed E-state index contributed by atoms with van der Waals surface area (Å²) in [5, 5.41) is 22.5. The maximum Gasteiger partial charge on any atom is 0.328 e. The third kappa shape index (κ3) is 31.8. The topological polar surface area (TPSA) is 142 Å². The van der Waals surface area contributed by atoms with Gasteiger partial charge in [-0.3, -0.25) is 14.4 Å². The second-order valence-electron chi connectivity index (χ2n) is 12.6. The fraction of sp³-hybridized carbons (Fsp3) is 0.700. The van der Waals surface area contributed by atoms with Gasteiger partial charge in [0, 0.05) is 12.8 Å². The second kappa shape index (κ2) is 34.7. The van der Waals surface area contributed by atoms with Crippen LogP contribution in [0.4, 0.5) is 0 Å². The van der Waals surface area contributed by atoms with E-state index in [2.05, 4.69) is 67.0 Å². The third-order valence-electron chi connectivity index (χ3n) is 8.07. The molecule has 0 aromatic rings. The number of esters is 1. The Bertz CT molecular complexity index is 974. The Kier molecular flexibility index (Phi) is 32.4. The number of carbonyl (C=O) groups is 4. The van der Waals surface area contributed by atoms with Crippen LogP contribution in [0, 0.1) is 0 Å². The van der Waals surface area contributed by atoms with Crippen LogP contribution >= 0.6 is 0 Å². The van der Waals surface area contributed by atoms with Crippen LogP contribution in [-0.2, 0) is 23.9 Å². The Balaban J connectivity index is 4.45. The van der Waals surface area contributed by atoms with Crippen LogP contribution in [0.25, 0.3) is 0 Å². The molecule has 49 heavy (non-hydrogen) atoms. The highest BCUT2D eigenvalue weighted by molar-refractivity contribution is 5.87. The standard InChI is InChI=1S/C40H68N2O7/c1-3-5-7-9-11-13-15-16-18-21-25-29-35(49-39(46)32-28-24-19-17-14-12-10-8-6-4-2)30-26-22-20-23-27-31-37(44)41-33-38(45)42-36(34-43)40(47)48/h5,7,11,13,16,18,25,29,35-36,43H,3-4,6,8-10,12,14-15,17,19-24,26-28,30-34H2,1-2H3,(H,41,44)(H,42,45)(H,47,48)/b7-5-,13-11-,18-16-,29-25-. The molecule has 0 fully saturated rings. The van der Waals surface area contributed by atoms with E-state index in [0.717, 1.165) is 70.6 Å². The number of aliphatic hydroxyl groups is 1. The van der Waals surface area contributed by atoms with Gasteiger partial charge in [0.2, 0.25) is 11.8 Å². The van der Waals surface area contributed by atoms with Crippen molar-refractivity contribution >= 4 is 23.8 Å². The van der Waals surface area contributed by atoms with Crippen molar-refractivity contribution < 1.29 is 34.1 Å². The number of ether oxygens (including phenoxy) is 1. The monoisotopic (exact) mass is 689 g/mol. The van der Waals surface area contributed by atoms with Crippen molar-refractivity contribution in [3.63, 3.8) is 0 Å². The van der Waals surface area contributed by atoms with Gasteiger partial charge >= 0.3 is 11.9 Å². The Labute approximate surface area is 297 Å². The highest BCUT2D eigenvalue weighted by Crippen LogP contribution is 2.15. The zero-order valence-corrected chi connectivity index (χ0v) is 30.7. The fourth-order valence-electron chi connectivity index (χ4n) is 5.15. The Morgan fingerprint density at radius 2 is 1.14 bits per heavy atom. The van der Waals surface area contributed by atoms with E-state index < -0.39 is 24.5 Å². The molecule has 0 saturated carbocycles. The largest absolute Gasteiger partial charge is 0.480 e. The van der Waals surface area contributed by atoms with Gasteiger partial charge in [0.15, 0.2) is 0 Å². The number of aliphatic carboxylic acids is 1. The van der Waals surface area contributed by atoms with E-state index in [9.17, 15) is 19.2 Å². The Morgan fingerprint density at radius 1 is 0.633 bits per heavy atom. The number of nitrogens with one attached hydrogen (secondary N) is 2. The minimum Gasteiger partial charge on any atom is -0.480 e. The number of allylic oxidation sites excluding steroid dienone is 7. The number of carboxylic acids is 1. The molecule has 0 spiro atoms. The zero-order valence-electron chi connectivity index (χ0n) is 30.7. The minimum absolute atomic E-state index is 0.124. The molecule has 2 amide bonds. The molecule has 4 N–H and O–H groups in total. The number of unbranched alkanes of at least 4 members (excludes halogenated alkanes) is 13. The third-order valence-corrected chi connectivity index (χ3v) is 8.07. The molecule has 0 aromatic carbocycles. The van der Waals surface area contributed by atoms with E-state index in [-0.39, 0.29) is 30.9 Å². The number of carbonyl (C=O) groups excluding carboxylic acids is 3. The number of rotatable bonds is 33. The summed E-state index contributed by atoms with van der Waals surface area (Å²) < 4.78 is 5.88. The van der Waals surface area contributed by atoms with Crippen molar-refractivity contribution in [3.8, 4) is 0 Å². The van der Waals surface area contributed by atoms with Gasteiger partial charge < -0.3 is 25.6 Å². The number of hydrogen-bond donors (Lipinski definition) is 4. The molecule has 0 aromatic heterocycles. The zero-order chi connectivity index (χ0) is 36.2. The molecule has 0 saturated heterocycles. The lowest BCUT2D eigenvalue weighted by atomic mass is 10.1. The number of hydrogen-bond acceptors (Lipinski definition) is 6. The molecule has 0 bridgehead atoms. The van der Waals surface area contributed by atoms with E-state index in [1.165, 1.54) is 51.4 Å². The smallest absolute Gasteiger partial charge is 0.328 e. The summed E-state index contributed by atoms with van der Waals surface area (Å²) in [6.45, 7) is 3.32. The molecule has 9 heteroatoms. The van der Waals surface area contributed by atoms with Crippen molar-refractivity contribution in [1.82, 2.24) is 10.6 Å². The van der Waals surface area contributed by atoms with E-state index in [1.807, 2.05) is 6.08 Å². The summed E-state index contributed by atoms with van der Waals surface area (Å²) >= 11 is 0. The molecule has 0 heterocycles. The van der Waals surface area contributed by atoms with Crippen LogP contribution in [0.2, 0.25) is 0 Å². The average Bonchev–Trinajstić information content (AvgIpc) is 3.08. The van der Waals surface area contributed by atoms with Crippen LogP contribution in [0.3, 0.4) is 0 Å². The summed E-state index contributed by atoms with van der Waals surface area (Å²) in [6, 6.07) is -1.39. The van der Waals surface area contributed by atoms with Crippen LogP contribution in [-0.4, -0.2) is 59.3 Å². The van der Waals surface area contributed by atoms with E-state index in [0.29, 0.717) is 12.8 Å². The van der Waals surface area contributed by atoms with Crippen LogP contribution in [0.5, 0.6) is 0 Å². The molecule has 0 radical (unpaired) electrons. The van der Waals surface area contributed by atoms with Gasteiger partial charge in [-0.1, -0.05) is 133 Å². The van der Waals surface area contributed by atoms with Crippen LogP contribution in [0.15, 0.2) is 48.6 Å². The highest BCUT2D eigenvalue weighted by atomic mass is 16.5. The van der Waals surface area contributed by atoms with Gasteiger partial charge in [-0.25, -0.2) is 4.79 Å². The van der Waals surface area contributed by atoms with E-state index >= 15 is 0 Å². The molecule has 9 nitrogen and oxygen atoms in total. The first-order chi connectivity index (χ1) is 23.8. The summed E-state index contributed by atoms with van der Waals surface area (Å²) in [6.07, 6.45) is 38.7. The first-order valence-corrected chi connectivity index (χ1v) is 19.0. The molecular weight excluding hydrogens is 620 g/mol. The predicted octanol–water partition coefficient (Wildman–Crippen LogP) is 8.42. The highest BCUT2D eigenvalue weighted by Gasteiger charge is 2.18. The molecule has 0 rings (SSSR count). The van der Waals surface area contributed by atoms with Crippen molar-refractivity contribution in [2.24, 2.45) is 0 Å². The lowest BCUT2D eigenvalue weighted by Crippen LogP contribution is -2.47. The van der Waals surface area contributed by atoms with Crippen molar-refractivity contribution in [3.05, 3.63) is 48.6 Å². The molecule has 280 valence electrons.